The predicted octanol–water partition coefficient (Wildman–Crippen LogP) is 2.13. The molecule has 1 aromatic heterocycles. The Morgan fingerprint density at radius 3 is 2.78 bits per heavy atom. The number of benzene rings is 1. The van der Waals surface area contributed by atoms with Gasteiger partial charge in [-0.2, -0.15) is 0 Å². The molecule has 1 aromatic carbocycles. The van der Waals surface area contributed by atoms with Gasteiger partial charge in [0.1, 0.15) is 5.82 Å². The van der Waals surface area contributed by atoms with Crippen LogP contribution in [0.4, 0.5) is 4.39 Å². The third-order valence-corrected chi connectivity index (χ3v) is 5.60. The number of fused-ring (bicyclic) bond motifs is 1. The van der Waals surface area contributed by atoms with Crippen LogP contribution in [0.2, 0.25) is 0 Å². The molecule has 3 rings (SSSR count). The van der Waals surface area contributed by atoms with Crippen molar-refractivity contribution in [3.8, 4) is 0 Å². The van der Waals surface area contributed by atoms with Crippen molar-refractivity contribution < 1.29 is 9.13 Å². The molecule has 0 radical (unpaired) electrons. The summed E-state index contributed by atoms with van der Waals surface area (Å²) in [6.45, 7) is 3.13. The fourth-order valence-electron chi connectivity index (χ4n) is 3.68. The van der Waals surface area contributed by atoms with E-state index in [1.165, 1.54) is 6.07 Å². The summed E-state index contributed by atoms with van der Waals surface area (Å²) in [5.41, 5.74) is 2.15. The maximum atomic E-state index is 13.5. The third kappa shape index (κ3) is 4.59. The molecular formula is C20H30FN5O. The molecule has 1 fully saturated rings. The van der Waals surface area contributed by atoms with Crippen LogP contribution in [0.15, 0.2) is 29.4 Å². The molecule has 27 heavy (non-hydrogen) atoms. The van der Waals surface area contributed by atoms with E-state index in [0.29, 0.717) is 0 Å². The lowest BCUT2D eigenvalue weighted by Crippen LogP contribution is -2.57. The van der Waals surface area contributed by atoms with Crippen LogP contribution in [0.5, 0.6) is 0 Å². The molecular weight excluding hydrogens is 345 g/mol. The molecule has 0 bridgehead atoms. The first-order valence-electron chi connectivity index (χ1n) is 9.49. The number of hydrogen-bond acceptors (Lipinski definition) is 3. The number of aliphatic imine (C=N–C) groups is 1. The first-order valence-corrected chi connectivity index (χ1v) is 9.49. The normalized spacial score (nSPS) is 17.4. The molecule has 0 aliphatic carbocycles. The van der Waals surface area contributed by atoms with E-state index in [4.69, 9.17) is 4.74 Å². The minimum Gasteiger partial charge on any atom is -0.381 e. The van der Waals surface area contributed by atoms with E-state index in [1.54, 1.807) is 19.2 Å². The van der Waals surface area contributed by atoms with E-state index >= 15 is 0 Å². The highest BCUT2D eigenvalue weighted by molar-refractivity contribution is 5.83. The van der Waals surface area contributed by atoms with E-state index < -0.39 is 0 Å². The van der Waals surface area contributed by atoms with Gasteiger partial charge >= 0.3 is 0 Å². The number of hydrogen-bond donors (Lipinski definition) is 3. The number of likely N-dealkylation sites (N-methyl/N-ethyl adjacent to an activating group) is 1. The molecule has 2 heterocycles. The summed E-state index contributed by atoms with van der Waals surface area (Å²) < 4.78 is 19.0. The van der Waals surface area contributed by atoms with Gasteiger partial charge in [-0.25, -0.2) is 4.39 Å². The highest BCUT2D eigenvalue weighted by atomic mass is 19.1. The number of nitrogens with one attached hydrogen (secondary N) is 3. The minimum atomic E-state index is -0.209. The summed E-state index contributed by atoms with van der Waals surface area (Å²) in [5.74, 6) is 0.577. The lowest BCUT2D eigenvalue weighted by Gasteiger charge is -2.43. The molecule has 3 N–H and O–H groups in total. The number of halogens is 1. The van der Waals surface area contributed by atoms with Gasteiger partial charge in [0.2, 0.25) is 0 Å². The van der Waals surface area contributed by atoms with E-state index in [2.05, 4.69) is 39.6 Å². The molecule has 0 spiro atoms. The first-order chi connectivity index (χ1) is 13.0. The number of nitrogens with zero attached hydrogens (tertiary/aromatic N) is 2. The lowest BCUT2D eigenvalue weighted by atomic mass is 9.88. The highest BCUT2D eigenvalue weighted by Gasteiger charge is 2.34. The summed E-state index contributed by atoms with van der Waals surface area (Å²) in [7, 11) is 6.03. The molecule has 1 saturated heterocycles. The van der Waals surface area contributed by atoms with E-state index in [0.717, 1.165) is 68.0 Å². The monoisotopic (exact) mass is 375 g/mol. The van der Waals surface area contributed by atoms with Crippen LogP contribution in [0.25, 0.3) is 10.9 Å². The van der Waals surface area contributed by atoms with Crippen molar-refractivity contribution in [1.29, 1.82) is 0 Å². The van der Waals surface area contributed by atoms with Crippen LogP contribution in [0.1, 0.15) is 18.4 Å². The Bertz CT molecular complexity index is 780. The van der Waals surface area contributed by atoms with Gasteiger partial charge in [0.05, 0.1) is 0 Å². The van der Waals surface area contributed by atoms with Gasteiger partial charge in [0.15, 0.2) is 5.96 Å². The molecule has 1 aliphatic heterocycles. The zero-order chi connectivity index (χ0) is 19.3. The van der Waals surface area contributed by atoms with Gasteiger partial charge < -0.3 is 25.3 Å². The second-order valence-corrected chi connectivity index (χ2v) is 7.34. The maximum absolute atomic E-state index is 13.5. The summed E-state index contributed by atoms with van der Waals surface area (Å²) >= 11 is 0. The van der Waals surface area contributed by atoms with Gasteiger partial charge in [-0.1, -0.05) is 0 Å². The van der Waals surface area contributed by atoms with Crippen molar-refractivity contribution in [1.82, 2.24) is 20.5 Å². The molecule has 6 nitrogen and oxygen atoms in total. The average molecular weight is 375 g/mol. The average Bonchev–Trinajstić information content (AvgIpc) is 3.07. The predicted molar refractivity (Wildman–Crippen MR) is 108 cm³/mol. The zero-order valence-electron chi connectivity index (χ0n) is 16.4. The summed E-state index contributed by atoms with van der Waals surface area (Å²) in [4.78, 5) is 9.82. The van der Waals surface area contributed by atoms with Crippen molar-refractivity contribution >= 4 is 16.9 Å². The SMILES string of the molecule is CN=C(NCCc1c[nH]c2ccc(F)cc12)NCC1(N(C)C)CCOCC1. The number of ether oxygens (including phenoxy) is 1. The highest BCUT2D eigenvalue weighted by Crippen LogP contribution is 2.25. The Hall–Kier alpha value is -2.12. The fraction of sp³-hybridized carbons (Fsp3) is 0.550. The lowest BCUT2D eigenvalue weighted by molar-refractivity contribution is -0.00500. The Balaban J connectivity index is 1.53. The maximum Gasteiger partial charge on any atom is 0.191 e. The number of rotatable bonds is 6. The summed E-state index contributed by atoms with van der Waals surface area (Å²) in [5, 5.41) is 7.76. The summed E-state index contributed by atoms with van der Waals surface area (Å²) in [6.07, 6.45) is 4.75. The molecule has 7 heteroatoms. The van der Waals surface area contributed by atoms with Crippen molar-refractivity contribution in [3.05, 3.63) is 35.8 Å². The summed E-state index contributed by atoms with van der Waals surface area (Å²) in [6, 6.07) is 4.83. The van der Waals surface area contributed by atoms with Crippen LogP contribution >= 0.6 is 0 Å². The first kappa shape index (κ1) is 19.6. The zero-order valence-corrected chi connectivity index (χ0v) is 16.4. The Labute approximate surface area is 160 Å². The fourth-order valence-corrected chi connectivity index (χ4v) is 3.68. The van der Waals surface area contributed by atoms with Crippen molar-refractivity contribution in [2.75, 3.05) is 47.4 Å². The molecule has 2 aromatic rings. The van der Waals surface area contributed by atoms with Crippen molar-refractivity contribution in [2.24, 2.45) is 4.99 Å². The van der Waals surface area contributed by atoms with Crippen molar-refractivity contribution in [3.63, 3.8) is 0 Å². The quantitative estimate of drug-likeness (QED) is 0.535. The van der Waals surface area contributed by atoms with E-state index in [1.807, 2.05) is 6.20 Å². The number of aromatic nitrogens is 1. The van der Waals surface area contributed by atoms with Crippen LogP contribution in [0.3, 0.4) is 0 Å². The molecule has 0 atom stereocenters. The Morgan fingerprint density at radius 1 is 1.30 bits per heavy atom. The van der Waals surface area contributed by atoms with Gasteiger partial charge in [-0.3, -0.25) is 4.99 Å². The largest absolute Gasteiger partial charge is 0.381 e. The molecule has 0 unspecified atom stereocenters. The molecule has 148 valence electrons. The van der Waals surface area contributed by atoms with Gasteiger partial charge in [0, 0.05) is 56.0 Å². The number of aromatic amines is 1. The Morgan fingerprint density at radius 2 is 2.07 bits per heavy atom. The minimum absolute atomic E-state index is 0.0875. The topological polar surface area (TPSA) is 64.7 Å². The smallest absolute Gasteiger partial charge is 0.191 e. The molecule has 0 saturated carbocycles. The van der Waals surface area contributed by atoms with Gasteiger partial charge in [0.25, 0.3) is 0 Å². The van der Waals surface area contributed by atoms with E-state index in [9.17, 15) is 4.39 Å². The third-order valence-electron chi connectivity index (χ3n) is 5.60. The van der Waals surface area contributed by atoms with E-state index in [-0.39, 0.29) is 11.4 Å². The second kappa shape index (κ2) is 8.71. The molecule has 0 amide bonds. The van der Waals surface area contributed by atoms with Crippen LogP contribution < -0.4 is 10.6 Å². The van der Waals surface area contributed by atoms with Gasteiger partial charge in [-0.05, 0) is 57.1 Å². The van der Waals surface area contributed by atoms with Gasteiger partial charge in [-0.15, -0.1) is 0 Å². The second-order valence-electron chi connectivity index (χ2n) is 7.34. The number of H-pyrrole nitrogens is 1. The Kier molecular flexibility index (Phi) is 6.34. The number of guanidine groups is 1. The van der Waals surface area contributed by atoms with Crippen LogP contribution in [-0.2, 0) is 11.2 Å². The van der Waals surface area contributed by atoms with Crippen LogP contribution in [-0.4, -0.2) is 68.8 Å². The van der Waals surface area contributed by atoms with Crippen molar-refractivity contribution in [2.45, 2.75) is 24.8 Å². The van der Waals surface area contributed by atoms with Crippen LogP contribution in [0, 0.1) is 5.82 Å². The molecule has 1 aliphatic rings. The standard InChI is InChI=1S/C20H30FN5O/c1-22-19(25-14-20(26(2)3)7-10-27-11-8-20)23-9-6-15-13-24-18-5-4-16(21)12-17(15)18/h4-5,12-13,24H,6-11,14H2,1-3H3,(H2,22,23,25).